The molecule has 0 unspecified atom stereocenters. The van der Waals surface area contributed by atoms with Crippen molar-refractivity contribution in [1.82, 2.24) is 4.98 Å². The van der Waals surface area contributed by atoms with E-state index in [2.05, 4.69) is 16.4 Å². The quantitative estimate of drug-likeness (QED) is 0.921. The first kappa shape index (κ1) is 11.9. The number of nitrogens with zero attached hydrogens (tertiary/aromatic N) is 2. The van der Waals surface area contributed by atoms with Crippen molar-refractivity contribution < 1.29 is 0 Å². The van der Waals surface area contributed by atoms with Crippen LogP contribution in [0.2, 0.25) is 4.34 Å². The van der Waals surface area contributed by atoms with Gasteiger partial charge < -0.3 is 5.32 Å². The van der Waals surface area contributed by atoms with Gasteiger partial charge in [-0.3, -0.25) is 0 Å². The van der Waals surface area contributed by atoms with Crippen LogP contribution < -0.4 is 5.32 Å². The predicted octanol–water partition coefficient (Wildman–Crippen LogP) is 3.59. The van der Waals surface area contributed by atoms with Crippen molar-refractivity contribution in [2.24, 2.45) is 0 Å². The molecule has 0 radical (unpaired) electrons. The number of aryl methyl sites for hydroxylation is 1. The molecule has 0 aromatic carbocycles. The van der Waals surface area contributed by atoms with Gasteiger partial charge >= 0.3 is 0 Å². The van der Waals surface area contributed by atoms with E-state index >= 15 is 0 Å². The highest BCUT2D eigenvalue weighted by molar-refractivity contribution is 7.16. The highest BCUT2D eigenvalue weighted by Gasteiger charge is 2.04. The average molecular weight is 264 g/mol. The standard InChI is InChI=1S/C12H10ClN3S/c1-8-2-3-9(6-14)12(16-8)15-7-10-4-5-11(13)17-10/h2-5H,7H2,1H3,(H,15,16). The van der Waals surface area contributed by atoms with E-state index in [-0.39, 0.29) is 0 Å². The summed E-state index contributed by atoms with van der Waals surface area (Å²) in [6.45, 7) is 2.52. The monoisotopic (exact) mass is 263 g/mol. The van der Waals surface area contributed by atoms with E-state index in [1.165, 1.54) is 11.3 Å². The lowest BCUT2D eigenvalue weighted by molar-refractivity contribution is 1.10. The number of thiophene rings is 1. The van der Waals surface area contributed by atoms with Crippen LogP contribution in [-0.2, 0) is 6.54 Å². The van der Waals surface area contributed by atoms with Gasteiger partial charge in [0.2, 0.25) is 0 Å². The van der Waals surface area contributed by atoms with E-state index < -0.39 is 0 Å². The second kappa shape index (κ2) is 5.17. The van der Waals surface area contributed by atoms with Gasteiger partial charge in [-0.15, -0.1) is 11.3 Å². The summed E-state index contributed by atoms with van der Waals surface area (Å²) in [4.78, 5) is 5.42. The van der Waals surface area contributed by atoms with Crippen LogP contribution in [0.3, 0.4) is 0 Å². The van der Waals surface area contributed by atoms with E-state index in [1.807, 2.05) is 25.1 Å². The van der Waals surface area contributed by atoms with Crippen LogP contribution in [0.15, 0.2) is 24.3 Å². The minimum absolute atomic E-state index is 0.554. The molecule has 0 amide bonds. The second-order valence-electron chi connectivity index (χ2n) is 3.52. The Balaban J connectivity index is 2.13. The molecule has 86 valence electrons. The first-order valence-electron chi connectivity index (χ1n) is 5.05. The van der Waals surface area contributed by atoms with Gasteiger partial charge in [-0.05, 0) is 31.2 Å². The zero-order chi connectivity index (χ0) is 12.3. The minimum atomic E-state index is 0.554. The molecule has 2 heterocycles. The third kappa shape index (κ3) is 2.96. The number of anilines is 1. The van der Waals surface area contributed by atoms with E-state index in [1.54, 1.807) is 6.07 Å². The average Bonchev–Trinajstić information content (AvgIpc) is 2.73. The van der Waals surface area contributed by atoms with Gasteiger partial charge in [0.05, 0.1) is 16.4 Å². The lowest BCUT2D eigenvalue weighted by Crippen LogP contribution is -2.02. The fourth-order valence-corrected chi connectivity index (χ4v) is 2.43. The van der Waals surface area contributed by atoms with Crippen LogP contribution in [0.1, 0.15) is 16.1 Å². The Bertz CT molecular complexity index is 571. The fraction of sp³-hybridized carbons (Fsp3) is 0.167. The smallest absolute Gasteiger partial charge is 0.144 e. The van der Waals surface area contributed by atoms with Crippen LogP contribution in [0.4, 0.5) is 5.82 Å². The number of hydrogen-bond acceptors (Lipinski definition) is 4. The molecule has 0 saturated heterocycles. The SMILES string of the molecule is Cc1ccc(C#N)c(NCc2ccc(Cl)s2)n1. The van der Waals surface area contributed by atoms with Crippen LogP contribution >= 0.6 is 22.9 Å². The fourth-order valence-electron chi connectivity index (χ4n) is 1.40. The summed E-state index contributed by atoms with van der Waals surface area (Å²) in [5, 5.41) is 12.1. The number of nitrogens with one attached hydrogen (secondary N) is 1. The number of rotatable bonds is 3. The molecule has 5 heteroatoms. The lowest BCUT2D eigenvalue weighted by atomic mass is 10.2. The largest absolute Gasteiger partial charge is 0.364 e. The number of pyridine rings is 1. The molecule has 0 atom stereocenters. The Labute approximate surface area is 109 Å². The van der Waals surface area contributed by atoms with Crippen LogP contribution in [0.25, 0.3) is 0 Å². The molecule has 2 rings (SSSR count). The molecule has 1 N–H and O–H groups in total. The van der Waals surface area contributed by atoms with E-state index in [0.717, 1.165) is 14.9 Å². The molecular formula is C12H10ClN3S. The van der Waals surface area contributed by atoms with Crippen LogP contribution in [0.5, 0.6) is 0 Å². The summed E-state index contributed by atoms with van der Waals surface area (Å²) in [5.74, 6) is 0.622. The molecule has 2 aromatic heterocycles. The van der Waals surface area contributed by atoms with Gasteiger partial charge in [0.25, 0.3) is 0 Å². The third-order valence-corrected chi connectivity index (χ3v) is 3.44. The second-order valence-corrected chi connectivity index (χ2v) is 5.32. The maximum absolute atomic E-state index is 8.96. The van der Waals surface area contributed by atoms with Crippen LogP contribution in [-0.4, -0.2) is 4.98 Å². The Hall–Kier alpha value is -1.57. The molecule has 17 heavy (non-hydrogen) atoms. The number of halogens is 1. The maximum Gasteiger partial charge on any atom is 0.144 e. The first-order chi connectivity index (χ1) is 8.19. The zero-order valence-corrected chi connectivity index (χ0v) is 10.8. The molecule has 0 bridgehead atoms. The first-order valence-corrected chi connectivity index (χ1v) is 6.24. The van der Waals surface area contributed by atoms with Gasteiger partial charge in [0, 0.05) is 10.6 Å². The molecule has 2 aromatic rings. The Morgan fingerprint density at radius 2 is 2.24 bits per heavy atom. The number of hydrogen-bond donors (Lipinski definition) is 1. The van der Waals surface area contributed by atoms with Gasteiger partial charge in [0.1, 0.15) is 11.9 Å². The number of nitriles is 1. The molecule has 0 spiro atoms. The molecule has 3 nitrogen and oxygen atoms in total. The Morgan fingerprint density at radius 1 is 1.41 bits per heavy atom. The summed E-state index contributed by atoms with van der Waals surface area (Å²) >= 11 is 7.37. The molecule has 0 aliphatic rings. The highest BCUT2D eigenvalue weighted by atomic mass is 35.5. The third-order valence-electron chi connectivity index (χ3n) is 2.21. The normalized spacial score (nSPS) is 9.94. The summed E-state index contributed by atoms with van der Waals surface area (Å²) in [5.41, 5.74) is 1.44. The van der Waals surface area contributed by atoms with Crippen molar-refractivity contribution in [3.8, 4) is 6.07 Å². The minimum Gasteiger partial charge on any atom is -0.364 e. The summed E-state index contributed by atoms with van der Waals surface area (Å²) in [7, 11) is 0. The maximum atomic E-state index is 8.96. The molecule has 0 saturated carbocycles. The van der Waals surface area contributed by atoms with Gasteiger partial charge in [0.15, 0.2) is 0 Å². The van der Waals surface area contributed by atoms with Gasteiger partial charge in [-0.2, -0.15) is 5.26 Å². The van der Waals surface area contributed by atoms with E-state index in [9.17, 15) is 0 Å². The zero-order valence-electron chi connectivity index (χ0n) is 9.20. The number of aromatic nitrogens is 1. The summed E-state index contributed by atoms with van der Waals surface area (Å²) < 4.78 is 0.763. The Morgan fingerprint density at radius 3 is 2.88 bits per heavy atom. The van der Waals surface area contributed by atoms with Crippen molar-refractivity contribution in [3.05, 3.63) is 44.7 Å². The van der Waals surface area contributed by atoms with Gasteiger partial charge in [-0.25, -0.2) is 4.98 Å². The summed E-state index contributed by atoms with van der Waals surface area (Å²) in [6.07, 6.45) is 0. The molecule has 0 aliphatic carbocycles. The molecule has 0 aliphatic heterocycles. The predicted molar refractivity (Wildman–Crippen MR) is 70.3 cm³/mol. The van der Waals surface area contributed by atoms with E-state index in [4.69, 9.17) is 16.9 Å². The Kier molecular flexibility index (Phi) is 3.62. The highest BCUT2D eigenvalue weighted by Crippen LogP contribution is 2.22. The van der Waals surface area contributed by atoms with Crippen molar-refractivity contribution >= 4 is 28.8 Å². The topological polar surface area (TPSA) is 48.7 Å². The lowest BCUT2D eigenvalue weighted by Gasteiger charge is -2.06. The van der Waals surface area contributed by atoms with Crippen molar-refractivity contribution in [1.29, 1.82) is 5.26 Å². The van der Waals surface area contributed by atoms with Crippen LogP contribution in [0, 0.1) is 18.3 Å². The van der Waals surface area contributed by atoms with E-state index in [0.29, 0.717) is 17.9 Å². The summed E-state index contributed by atoms with van der Waals surface area (Å²) in [6, 6.07) is 9.53. The van der Waals surface area contributed by atoms with Gasteiger partial charge in [-0.1, -0.05) is 11.6 Å². The van der Waals surface area contributed by atoms with Crippen molar-refractivity contribution in [2.45, 2.75) is 13.5 Å². The molecular weight excluding hydrogens is 254 g/mol. The van der Waals surface area contributed by atoms with Crippen molar-refractivity contribution in [3.63, 3.8) is 0 Å². The van der Waals surface area contributed by atoms with Crippen molar-refractivity contribution in [2.75, 3.05) is 5.32 Å². The molecule has 0 fully saturated rings.